The molecule has 1 heterocycles. The number of hydrogen-bond donors (Lipinski definition) is 0. The van der Waals surface area contributed by atoms with Gasteiger partial charge in [-0.25, -0.2) is 4.98 Å². The summed E-state index contributed by atoms with van der Waals surface area (Å²) in [7, 11) is 0. The monoisotopic (exact) mass is 167 g/mol. The minimum atomic E-state index is 0.513. The van der Waals surface area contributed by atoms with Crippen molar-refractivity contribution < 1.29 is 0 Å². The van der Waals surface area contributed by atoms with Gasteiger partial charge in [0, 0.05) is 4.88 Å². The van der Waals surface area contributed by atoms with Crippen LogP contribution in [-0.2, 0) is 12.8 Å². The molecule has 0 radical (unpaired) electrons. The van der Waals surface area contributed by atoms with E-state index in [1.807, 2.05) is 16.8 Å². The second kappa shape index (κ2) is 2.31. The van der Waals surface area contributed by atoms with Crippen LogP contribution in [0.1, 0.15) is 30.8 Å². The predicted molar refractivity (Wildman–Crippen MR) is 47.9 cm³/mol. The maximum atomic E-state index is 4.34. The van der Waals surface area contributed by atoms with E-state index in [-0.39, 0.29) is 0 Å². The first kappa shape index (κ1) is 7.29. The fourth-order valence-electron chi connectivity index (χ4n) is 1.62. The molecule has 0 atom stereocenters. The van der Waals surface area contributed by atoms with Crippen molar-refractivity contribution in [2.45, 2.75) is 33.1 Å². The average molecular weight is 167 g/mol. The van der Waals surface area contributed by atoms with E-state index in [1.165, 1.54) is 29.8 Å². The molecule has 1 aromatic heterocycles. The molecule has 2 rings (SSSR count). The maximum absolute atomic E-state index is 4.34. The molecule has 0 spiro atoms. The van der Waals surface area contributed by atoms with Gasteiger partial charge >= 0.3 is 0 Å². The van der Waals surface area contributed by atoms with E-state index in [2.05, 4.69) is 18.8 Å². The molecule has 0 amide bonds. The molecular formula is C9H13NS. The Balaban J connectivity index is 2.32. The van der Waals surface area contributed by atoms with Crippen LogP contribution in [0.5, 0.6) is 0 Å². The van der Waals surface area contributed by atoms with Crippen LogP contribution in [0, 0.1) is 5.41 Å². The van der Waals surface area contributed by atoms with Gasteiger partial charge in [0.25, 0.3) is 0 Å². The Labute approximate surface area is 71.5 Å². The van der Waals surface area contributed by atoms with E-state index in [1.54, 1.807) is 0 Å². The molecule has 1 aliphatic carbocycles. The first-order valence-corrected chi connectivity index (χ1v) is 4.97. The molecule has 1 nitrogen and oxygen atoms in total. The molecule has 1 aromatic rings. The lowest BCUT2D eigenvalue weighted by molar-refractivity contribution is 0.316. The second-order valence-electron chi connectivity index (χ2n) is 4.06. The summed E-state index contributed by atoms with van der Waals surface area (Å²) < 4.78 is 0. The third kappa shape index (κ3) is 1.32. The number of nitrogens with zero attached hydrogens (tertiary/aromatic N) is 1. The molecule has 0 aromatic carbocycles. The Hall–Kier alpha value is -0.370. The van der Waals surface area contributed by atoms with Crippen molar-refractivity contribution in [3.05, 3.63) is 16.1 Å². The fourth-order valence-corrected chi connectivity index (χ4v) is 2.69. The maximum Gasteiger partial charge on any atom is 0.0797 e. The predicted octanol–water partition coefficient (Wildman–Crippen LogP) is 2.66. The summed E-state index contributed by atoms with van der Waals surface area (Å²) in [5.41, 5.74) is 3.85. The highest BCUT2D eigenvalue weighted by Crippen LogP contribution is 2.35. The van der Waals surface area contributed by atoms with E-state index >= 15 is 0 Å². The van der Waals surface area contributed by atoms with Crippen molar-refractivity contribution in [3.63, 3.8) is 0 Å². The molecule has 1 aliphatic rings. The van der Waals surface area contributed by atoms with Crippen LogP contribution >= 0.6 is 11.3 Å². The highest BCUT2D eigenvalue weighted by atomic mass is 32.1. The third-order valence-corrected chi connectivity index (χ3v) is 3.28. The standard InChI is InChI=1S/C9H13NS/c1-9(2)4-3-7-8(5-9)11-6-10-7/h6H,3-5H2,1-2H3. The largest absolute Gasteiger partial charge is 0.249 e. The highest BCUT2D eigenvalue weighted by Gasteiger charge is 2.26. The summed E-state index contributed by atoms with van der Waals surface area (Å²) in [5, 5.41) is 0. The van der Waals surface area contributed by atoms with Gasteiger partial charge in [-0.05, 0) is 24.7 Å². The van der Waals surface area contributed by atoms with Crippen LogP contribution in [0.25, 0.3) is 0 Å². The van der Waals surface area contributed by atoms with Gasteiger partial charge in [-0.3, -0.25) is 0 Å². The van der Waals surface area contributed by atoms with E-state index in [9.17, 15) is 0 Å². The van der Waals surface area contributed by atoms with E-state index < -0.39 is 0 Å². The molecule has 0 fully saturated rings. The van der Waals surface area contributed by atoms with E-state index in [0.717, 1.165) is 0 Å². The Morgan fingerprint density at radius 2 is 2.36 bits per heavy atom. The highest BCUT2D eigenvalue weighted by molar-refractivity contribution is 7.09. The van der Waals surface area contributed by atoms with Crippen LogP contribution in [0.3, 0.4) is 0 Å². The van der Waals surface area contributed by atoms with Gasteiger partial charge in [-0.15, -0.1) is 11.3 Å². The van der Waals surface area contributed by atoms with Gasteiger partial charge in [0.1, 0.15) is 0 Å². The van der Waals surface area contributed by atoms with Gasteiger partial charge in [0.05, 0.1) is 11.2 Å². The number of thiazole rings is 1. The van der Waals surface area contributed by atoms with Gasteiger partial charge in [0.15, 0.2) is 0 Å². The average Bonchev–Trinajstić information content (AvgIpc) is 2.31. The lowest BCUT2D eigenvalue weighted by atomic mass is 9.79. The van der Waals surface area contributed by atoms with Crippen molar-refractivity contribution in [2.75, 3.05) is 0 Å². The van der Waals surface area contributed by atoms with Crippen molar-refractivity contribution in [2.24, 2.45) is 5.41 Å². The molecule has 0 aliphatic heterocycles. The summed E-state index contributed by atoms with van der Waals surface area (Å²) in [5.74, 6) is 0. The van der Waals surface area contributed by atoms with Gasteiger partial charge in [-0.1, -0.05) is 13.8 Å². The zero-order chi connectivity index (χ0) is 7.90. The van der Waals surface area contributed by atoms with Crippen LogP contribution in [0.15, 0.2) is 5.51 Å². The Kier molecular flexibility index (Phi) is 1.53. The topological polar surface area (TPSA) is 12.9 Å². The summed E-state index contributed by atoms with van der Waals surface area (Å²) in [6.07, 6.45) is 3.71. The van der Waals surface area contributed by atoms with Crippen molar-refractivity contribution in [1.29, 1.82) is 0 Å². The number of fused-ring (bicyclic) bond motifs is 1. The molecule has 2 heteroatoms. The number of hydrogen-bond acceptors (Lipinski definition) is 2. The first-order chi connectivity index (χ1) is 5.17. The van der Waals surface area contributed by atoms with E-state index in [4.69, 9.17) is 0 Å². The molecule has 11 heavy (non-hydrogen) atoms. The summed E-state index contributed by atoms with van der Waals surface area (Å²) >= 11 is 1.82. The Morgan fingerprint density at radius 1 is 1.55 bits per heavy atom. The second-order valence-corrected chi connectivity index (χ2v) is 5.00. The zero-order valence-electron chi connectivity index (χ0n) is 7.05. The minimum Gasteiger partial charge on any atom is -0.249 e. The third-order valence-electron chi connectivity index (χ3n) is 2.40. The van der Waals surface area contributed by atoms with Crippen molar-refractivity contribution >= 4 is 11.3 Å². The number of aryl methyl sites for hydroxylation is 1. The summed E-state index contributed by atoms with van der Waals surface area (Å²) in [6.45, 7) is 4.69. The Bertz CT molecular complexity index is 262. The minimum absolute atomic E-state index is 0.513. The van der Waals surface area contributed by atoms with Gasteiger partial charge in [0.2, 0.25) is 0 Å². The molecule has 0 unspecified atom stereocenters. The normalized spacial score (nSPS) is 21.3. The molecule has 0 saturated heterocycles. The van der Waals surface area contributed by atoms with Crippen molar-refractivity contribution in [3.8, 4) is 0 Å². The zero-order valence-corrected chi connectivity index (χ0v) is 7.87. The lowest BCUT2D eigenvalue weighted by Gasteiger charge is -2.28. The van der Waals surface area contributed by atoms with E-state index in [0.29, 0.717) is 5.41 Å². The first-order valence-electron chi connectivity index (χ1n) is 4.09. The van der Waals surface area contributed by atoms with Crippen LogP contribution in [0.4, 0.5) is 0 Å². The van der Waals surface area contributed by atoms with Crippen molar-refractivity contribution in [1.82, 2.24) is 4.98 Å². The summed E-state index contributed by atoms with van der Waals surface area (Å²) in [6, 6.07) is 0. The number of aromatic nitrogens is 1. The smallest absolute Gasteiger partial charge is 0.0797 e. The molecule has 0 N–H and O–H groups in total. The Morgan fingerprint density at radius 3 is 3.18 bits per heavy atom. The molecule has 0 saturated carbocycles. The number of rotatable bonds is 0. The molecule has 60 valence electrons. The molecule has 0 bridgehead atoms. The SMILES string of the molecule is CC1(C)CCc2ncsc2C1. The van der Waals surface area contributed by atoms with Gasteiger partial charge in [-0.2, -0.15) is 0 Å². The lowest BCUT2D eigenvalue weighted by Crippen LogP contribution is -2.20. The van der Waals surface area contributed by atoms with Crippen LogP contribution in [-0.4, -0.2) is 4.98 Å². The van der Waals surface area contributed by atoms with Crippen LogP contribution < -0.4 is 0 Å². The quantitative estimate of drug-likeness (QED) is 0.579. The fraction of sp³-hybridized carbons (Fsp3) is 0.667. The van der Waals surface area contributed by atoms with Crippen LogP contribution in [0.2, 0.25) is 0 Å². The molecular weight excluding hydrogens is 154 g/mol. The summed E-state index contributed by atoms with van der Waals surface area (Å²) in [4.78, 5) is 5.86. The van der Waals surface area contributed by atoms with Gasteiger partial charge < -0.3 is 0 Å².